The zero-order valence-corrected chi connectivity index (χ0v) is 21.6. The van der Waals surface area contributed by atoms with Crippen LogP contribution in [0.5, 0.6) is 0 Å². The highest BCUT2D eigenvalue weighted by Gasteiger charge is 2.51. The Labute approximate surface area is 220 Å². The van der Waals surface area contributed by atoms with Gasteiger partial charge in [-0.25, -0.2) is 4.79 Å². The predicted molar refractivity (Wildman–Crippen MR) is 134 cm³/mol. The van der Waals surface area contributed by atoms with Crippen LogP contribution in [-0.4, -0.2) is 97.7 Å². The first-order chi connectivity index (χ1) is 18.1. The van der Waals surface area contributed by atoms with Crippen molar-refractivity contribution < 1.29 is 19.1 Å². The van der Waals surface area contributed by atoms with Crippen LogP contribution in [-0.2, 0) is 14.3 Å². The summed E-state index contributed by atoms with van der Waals surface area (Å²) in [5, 5.41) is 26.3. The molecule has 13 heteroatoms. The number of nitrogens with zero attached hydrogens (tertiary/aromatic N) is 7. The molecule has 4 heterocycles. The summed E-state index contributed by atoms with van der Waals surface area (Å²) in [4.78, 5) is 44.8. The number of carbonyl (C=O) groups is 3. The number of piperazine rings is 1. The molecule has 13 nitrogen and oxygen atoms in total. The molecule has 2 bridgehead atoms. The normalized spacial score (nSPS) is 23.9. The maximum atomic E-state index is 13.5. The van der Waals surface area contributed by atoms with Crippen LogP contribution in [0.15, 0.2) is 24.3 Å². The summed E-state index contributed by atoms with van der Waals surface area (Å²) in [5.41, 5.74) is 0.756. The SMILES string of the molecule is CC(C)(C)OC(=O)N[C@@H](CN1C[C@H]2C[C@@H]1C(=O)N2c1cccc(-c2nn[nH]n2)c1)C(=O)N1CCC[C@H]1C#N. The van der Waals surface area contributed by atoms with E-state index < -0.39 is 29.8 Å². The number of benzene rings is 1. The number of fused-ring (bicyclic) bond motifs is 2. The monoisotopic (exact) mass is 521 g/mol. The summed E-state index contributed by atoms with van der Waals surface area (Å²) >= 11 is 0. The molecular weight excluding hydrogens is 490 g/mol. The molecule has 3 amide bonds. The fraction of sp³-hybridized carbons (Fsp3) is 0.560. The lowest BCUT2D eigenvalue weighted by atomic mass is 10.1. The largest absolute Gasteiger partial charge is 0.444 e. The number of hydrogen-bond donors (Lipinski definition) is 2. The zero-order valence-electron chi connectivity index (χ0n) is 21.6. The Balaban J connectivity index is 1.32. The van der Waals surface area contributed by atoms with Crippen molar-refractivity contribution in [2.24, 2.45) is 0 Å². The number of aromatic amines is 1. The molecule has 0 unspecified atom stereocenters. The molecule has 2 aromatic rings. The fourth-order valence-electron chi connectivity index (χ4n) is 5.52. The Morgan fingerprint density at radius 1 is 1.34 bits per heavy atom. The van der Waals surface area contributed by atoms with Crippen LogP contribution in [0, 0.1) is 11.3 Å². The number of nitrogens with one attached hydrogen (secondary N) is 2. The van der Waals surface area contributed by atoms with Crippen LogP contribution in [0.1, 0.15) is 40.0 Å². The van der Waals surface area contributed by atoms with Gasteiger partial charge in [-0.15, -0.1) is 10.2 Å². The molecule has 3 saturated heterocycles. The third kappa shape index (κ3) is 5.04. The summed E-state index contributed by atoms with van der Waals surface area (Å²) in [6.45, 7) is 6.39. The third-order valence-electron chi connectivity index (χ3n) is 7.09. The molecule has 3 aliphatic rings. The van der Waals surface area contributed by atoms with Gasteiger partial charge in [-0.05, 0) is 57.4 Å². The molecule has 4 atom stereocenters. The van der Waals surface area contributed by atoms with E-state index in [0.717, 1.165) is 17.7 Å². The number of hydrogen-bond acceptors (Lipinski definition) is 9. The van der Waals surface area contributed by atoms with Crippen molar-refractivity contribution in [3.8, 4) is 17.5 Å². The summed E-state index contributed by atoms with van der Waals surface area (Å²) in [5.74, 6) is 0.0447. The molecule has 1 aromatic heterocycles. The topological polar surface area (TPSA) is 160 Å². The Bertz CT molecular complexity index is 1250. The summed E-state index contributed by atoms with van der Waals surface area (Å²) in [7, 11) is 0. The van der Waals surface area contributed by atoms with E-state index in [-0.39, 0.29) is 24.4 Å². The highest BCUT2D eigenvalue weighted by molar-refractivity contribution is 6.01. The Hall–Kier alpha value is -4.05. The zero-order chi connectivity index (χ0) is 27.0. The average molecular weight is 522 g/mol. The van der Waals surface area contributed by atoms with Gasteiger partial charge >= 0.3 is 6.09 Å². The molecule has 0 radical (unpaired) electrons. The van der Waals surface area contributed by atoms with E-state index in [0.29, 0.717) is 31.8 Å². The third-order valence-corrected chi connectivity index (χ3v) is 7.09. The van der Waals surface area contributed by atoms with Crippen LogP contribution in [0.2, 0.25) is 0 Å². The Morgan fingerprint density at radius 2 is 2.16 bits per heavy atom. The molecule has 5 rings (SSSR count). The van der Waals surface area contributed by atoms with Crippen molar-refractivity contribution in [2.45, 2.75) is 69.8 Å². The van der Waals surface area contributed by atoms with Crippen molar-refractivity contribution in [3.63, 3.8) is 0 Å². The second-order valence-electron chi connectivity index (χ2n) is 10.9. The molecule has 0 spiro atoms. The molecule has 1 aromatic carbocycles. The van der Waals surface area contributed by atoms with Gasteiger partial charge in [0.25, 0.3) is 0 Å². The molecule has 0 saturated carbocycles. The van der Waals surface area contributed by atoms with Crippen molar-refractivity contribution in [2.75, 3.05) is 24.5 Å². The molecule has 38 heavy (non-hydrogen) atoms. The average Bonchev–Trinajstić information content (AvgIpc) is 3.66. The van der Waals surface area contributed by atoms with Gasteiger partial charge in [0.15, 0.2) is 0 Å². The molecule has 0 aliphatic carbocycles. The number of nitriles is 1. The minimum absolute atomic E-state index is 0.0638. The molecule has 3 aliphatic heterocycles. The van der Waals surface area contributed by atoms with Crippen LogP contribution in [0.25, 0.3) is 11.4 Å². The number of likely N-dealkylation sites (tertiary alicyclic amines) is 2. The van der Waals surface area contributed by atoms with Gasteiger partial charge in [0.2, 0.25) is 17.6 Å². The summed E-state index contributed by atoms with van der Waals surface area (Å²) < 4.78 is 5.40. The van der Waals surface area contributed by atoms with Crippen LogP contribution < -0.4 is 10.2 Å². The minimum Gasteiger partial charge on any atom is -0.444 e. The number of carbonyl (C=O) groups excluding carboxylic acids is 3. The molecule has 200 valence electrons. The van der Waals surface area contributed by atoms with E-state index in [1.54, 1.807) is 25.7 Å². The van der Waals surface area contributed by atoms with Crippen molar-refractivity contribution in [3.05, 3.63) is 24.3 Å². The highest BCUT2D eigenvalue weighted by atomic mass is 16.6. The number of tetrazole rings is 1. The van der Waals surface area contributed by atoms with E-state index in [4.69, 9.17) is 4.74 Å². The Morgan fingerprint density at radius 3 is 2.84 bits per heavy atom. The van der Waals surface area contributed by atoms with Gasteiger partial charge in [0.1, 0.15) is 17.7 Å². The maximum absolute atomic E-state index is 13.5. The van der Waals surface area contributed by atoms with Crippen molar-refractivity contribution >= 4 is 23.6 Å². The van der Waals surface area contributed by atoms with Gasteiger partial charge in [0, 0.05) is 30.9 Å². The number of H-pyrrole nitrogens is 1. The molecular formula is C25H31N9O4. The minimum atomic E-state index is -0.944. The fourth-order valence-corrected chi connectivity index (χ4v) is 5.52. The first-order valence-electron chi connectivity index (χ1n) is 12.8. The van der Waals surface area contributed by atoms with Crippen LogP contribution in [0.4, 0.5) is 10.5 Å². The summed E-state index contributed by atoms with van der Waals surface area (Å²) in [6, 6.07) is 7.64. The van der Waals surface area contributed by atoms with Gasteiger partial charge in [0.05, 0.1) is 18.2 Å². The summed E-state index contributed by atoms with van der Waals surface area (Å²) in [6.07, 6.45) is 1.24. The number of aromatic nitrogens is 4. The predicted octanol–water partition coefficient (Wildman–Crippen LogP) is 1.06. The van der Waals surface area contributed by atoms with E-state index >= 15 is 0 Å². The van der Waals surface area contributed by atoms with Crippen molar-refractivity contribution in [1.82, 2.24) is 35.7 Å². The Kier molecular flexibility index (Phi) is 6.75. The van der Waals surface area contributed by atoms with E-state index in [1.807, 2.05) is 29.2 Å². The highest BCUT2D eigenvalue weighted by Crippen LogP contribution is 2.37. The smallest absolute Gasteiger partial charge is 0.408 e. The van der Waals surface area contributed by atoms with Crippen LogP contribution in [0.3, 0.4) is 0 Å². The maximum Gasteiger partial charge on any atom is 0.408 e. The number of amides is 3. The second kappa shape index (κ2) is 10.0. The van der Waals surface area contributed by atoms with Gasteiger partial charge in [-0.2, -0.15) is 10.5 Å². The standard InChI is InChI=1S/C25H31N9O4/c1-25(2,3)38-24(37)27-19(22(35)33-9-5-8-17(33)12-26)14-32-13-18-11-20(32)23(36)34(18)16-7-4-6-15(10-16)21-28-30-31-29-21/h4,6-7,10,17-20H,5,8-9,11,13-14H2,1-3H3,(H,27,37)(H,28,29,30,31)/t17-,18+,19-,20+/m0/s1. The lowest BCUT2D eigenvalue weighted by Crippen LogP contribution is -2.59. The quantitative estimate of drug-likeness (QED) is 0.566. The molecule has 3 fully saturated rings. The van der Waals surface area contributed by atoms with Gasteiger partial charge in [-0.3, -0.25) is 14.5 Å². The lowest BCUT2D eigenvalue weighted by molar-refractivity contribution is -0.135. The van der Waals surface area contributed by atoms with Gasteiger partial charge < -0.3 is 19.9 Å². The first kappa shape index (κ1) is 25.6. The first-order valence-corrected chi connectivity index (χ1v) is 12.8. The number of alkyl carbamates (subject to hydrolysis) is 1. The van der Waals surface area contributed by atoms with E-state index in [9.17, 15) is 19.6 Å². The second-order valence-corrected chi connectivity index (χ2v) is 10.9. The van der Waals surface area contributed by atoms with E-state index in [1.165, 1.54) is 4.90 Å². The number of anilines is 1. The number of ether oxygens (including phenoxy) is 1. The lowest BCUT2D eigenvalue weighted by Gasteiger charge is -2.36. The van der Waals surface area contributed by atoms with Gasteiger partial charge in [-0.1, -0.05) is 12.1 Å². The van der Waals surface area contributed by atoms with Crippen LogP contribution >= 0.6 is 0 Å². The van der Waals surface area contributed by atoms with E-state index in [2.05, 4.69) is 32.0 Å². The van der Waals surface area contributed by atoms with Crippen molar-refractivity contribution in [1.29, 1.82) is 5.26 Å². The molecule has 2 N–H and O–H groups in total. The number of rotatable bonds is 6.